The molecule has 0 radical (unpaired) electrons. The highest BCUT2D eigenvalue weighted by atomic mass is 35.5. The van der Waals surface area contributed by atoms with E-state index in [1.807, 2.05) is 0 Å². The van der Waals surface area contributed by atoms with E-state index in [4.69, 9.17) is 16.3 Å². The first-order valence-electron chi connectivity index (χ1n) is 7.39. The first-order chi connectivity index (χ1) is 12.2. The van der Waals surface area contributed by atoms with Crippen LogP contribution in [0.1, 0.15) is 11.1 Å². The Morgan fingerprint density at radius 2 is 1.88 bits per heavy atom. The van der Waals surface area contributed by atoms with Crippen LogP contribution in [0.3, 0.4) is 0 Å². The third-order valence-corrected chi connectivity index (χ3v) is 3.70. The molecule has 0 atom stereocenters. The number of benzene rings is 2. The molecule has 0 aliphatic carbocycles. The third kappa shape index (κ3) is 5.16. The quantitative estimate of drug-likeness (QED) is 0.754. The number of rotatable bonds is 5. The van der Waals surface area contributed by atoms with Crippen molar-refractivity contribution in [1.82, 2.24) is 5.32 Å². The fourth-order valence-electron chi connectivity index (χ4n) is 2.16. The normalized spacial score (nSPS) is 12.0. The number of allylic oxidation sites excluding steroid dienone is 1. The molecule has 2 aromatic rings. The van der Waals surface area contributed by atoms with Gasteiger partial charge in [-0.1, -0.05) is 29.8 Å². The number of hydrogen-bond acceptors (Lipinski definition) is 3. The van der Waals surface area contributed by atoms with Gasteiger partial charge < -0.3 is 15.2 Å². The van der Waals surface area contributed by atoms with E-state index in [9.17, 15) is 23.1 Å². The standard InChI is InChI=1S/C18H15ClF3NO3/c1-26-16-8-11(2-7-15(16)24)10-23-17(25)9-14(18(20,21)22)12-3-5-13(19)6-4-12/h2-9,24H,10H2,1H3,(H,23,25)/b14-9-. The average Bonchev–Trinajstić information content (AvgIpc) is 2.59. The summed E-state index contributed by atoms with van der Waals surface area (Å²) in [4.78, 5) is 11.9. The summed E-state index contributed by atoms with van der Waals surface area (Å²) in [7, 11) is 1.36. The van der Waals surface area contributed by atoms with Crippen molar-refractivity contribution < 1.29 is 27.8 Å². The molecule has 0 saturated carbocycles. The molecule has 0 saturated heterocycles. The highest BCUT2D eigenvalue weighted by Gasteiger charge is 2.35. The number of halogens is 4. The van der Waals surface area contributed by atoms with Crippen LogP contribution in [-0.4, -0.2) is 24.3 Å². The summed E-state index contributed by atoms with van der Waals surface area (Å²) in [5.74, 6) is -0.784. The van der Waals surface area contributed by atoms with E-state index in [2.05, 4.69) is 5.32 Å². The van der Waals surface area contributed by atoms with Crippen LogP contribution in [0.25, 0.3) is 5.57 Å². The molecule has 138 valence electrons. The van der Waals surface area contributed by atoms with Gasteiger partial charge in [-0.25, -0.2) is 0 Å². The zero-order valence-corrected chi connectivity index (χ0v) is 14.4. The highest BCUT2D eigenvalue weighted by molar-refractivity contribution is 6.30. The van der Waals surface area contributed by atoms with Crippen LogP contribution in [0.4, 0.5) is 13.2 Å². The predicted octanol–water partition coefficient (Wildman–Crippen LogP) is 4.32. The van der Waals surface area contributed by atoms with Crippen molar-refractivity contribution in [3.8, 4) is 11.5 Å². The highest BCUT2D eigenvalue weighted by Crippen LogP contribution is 2.34. The van der Waals surface area contributed by atoms with E-state index >= 15 is 0 Å². The Bertz CT molecular complexity index is 817. The molecule has 8 heteroatoms. The number of carbonyl (C=O) groups is 1. The smallest absolute Gasteiger partial charge is 0.417 e. The van der Waals surface area contributed by atoms with Crippen LogP contribution in [0, 0.1) is 0 Å². The molecule has 0 spiro atoms. The van der Waals surface area contributed by atoms with Crippen molar-refractivity contribution in [3.05, 3.63) is 64.7 Å². The Labute approximate surface area is 152 Å². The minimum atomic E-state index is -4.70. The van der Waals surface area contributed by atoms with Gasteiger partial charge in [0.15, 0.2) is 11.5 Å². The van der Waals surface area contributed by atoms with E-state index in [-0.39, 0.29) is 23.6 Å². The zero-order chi connectivity index (χ0) is 19.3. The summed E-state index contributed by atoms with van der Waals surface area (Å²) in [5, 5.41) is 12.2. The lowest BCUT2D eigenvalue weighted by Gasteiger charge is -2.12. The van der Waals surface area contributed by atoms with Crippen molar-refractivity contribution in [2.24, 2.45) is 0 Å². The number of nitrogens with one attached hydrogen (secondary N) is 1. The maximum Gasteiger partial charge on any atom is 0.417 e. The monoisotopic (exact) mass is 385 g/mol. The van der Waals surface area contributed by atoms with Gasteiger partial charge in [0.1, 0.15) is 0 Å². The number of alkyl halides is 3. The number of aromatic hydroxyl groups is 1. The van der Waals surface area contributed by atoms with Crippen molar-refractivity contribution in [3.63, 3.8) is 0 Å². The molecule has 0 aliphatic heterocycles. The number of phenols is 1. The van der Waals surface area contributed by atoms with Crippen molar-refractivity contribution in [1.29, 1.82) is 0 Å². The Balaban J connectivity index is 2.16. The van der Waals surface area contributed by atoms with Gasteiger partial charge in [0, 0.05) is 17.6 Å². The number of ether oxygens (including phenoxy) is 1. The molecular formula is C18H15ClF3NO3. The van der Waals surface area contributed by atoms with Crippen molar-refractivity contribution >= 4 is 23.1 Å². The van der Waals surface area contributed by atoms with Crippen LogP contribution < -0.4 is 10.1 Å². The Hall–Kier alpha value is -2.67. The summed E-state index contributed by atoms with van der Waals surface area (Å²) < 4.78 is 44.7. The van der Waals surface area contributed by atoms with Crippen LogP contribution >= 0.6 is 11.6 Å². The summed E-state index contributed by atoms with van der Waals surface area (Å²) in [6, 6.07) is 9.38. The Morgan fingerprint density at radius 1 is 1.23 bits per heavy atom. The molecule has 0 aliphatic rings. The predicted molar refractivity (Wildman–Crippen MR) is 92.0 cm³/mol. The van der Waals surface area contributed by atoms with E-state index in [0.29, 0.717) is 16.7 Å². The van der Waals surface area contributed by atoms with Gasteiger partial charge in [0.2, 0.25) is 5.91 Å². The summed E-state index contributed by atoms with van der Waals surface area (Å²) in [6.07, 6.45) is -4.20. The molecule has 2 N–H and O–H groups in total. The first kappa shape index (κ1) is 19.7. The first-order valence-corrected chi connectivity index (χ1v) is 7.77. The second-order valence-electron chi connectivity index (χ2n) is 5.29. The summed E-state index contributed by atoms with van der Waals surface area (Å²) in [5.41, 5.74) is -0.681. The van der Waals surface area contributed by atoms with Crippen LogP contribution in [0.5, 0.6) is 11.5 Å². The third-order valence-electron chi connectivity index (χ3n) is 3.45. The second-order valence-corrected chi connectivity index (χ2v) is 5.72. The number of hydrogen-bond donors (Lipinski definition) is 2. The number of methoxy groups -OCH3 is 1. The van der Waals surface area contributed by atoms with Gasteiger partial charge in [-0.3, -0.25) is 4.79 Å². The van der Waals surface area contributed by atoms with Gasteiger partial charge in [-0.2, -0.15) is 13.2 Å². The van der Waals surface area contributed by atoms with Crippen molar-refractivity contribution in [2.45, 2.75) is 12.7 Å². The topological polar surface area (TPSA) is 58.6 Å². The van der Waals surface area contributed by atoms with Crippen molar-refractivity contribution in [2.75, 3.05) is 7.11 Å². The molecule has 1 amide bonds. The maximum atomic E-state index is 13.2. The SMILES string of the molecule is COc1cc(CNC(=O)/C=C(/c2ccc(Cl)cc2)C(F)(F)F)ccc1O. The summed E-state index contributed by atoms with van der Waals surface area (Å²) in [6.45, 7) is -0.0300. The van der Waals surface area contributed by atoms with Gasteiger partial charge in [-0.05, 0) is 35.4 Å². The van der Waals surface area contributed by atoms with Crippen LogP contribution in [-0.2, 0) is 11.3 Å². The average molecular weight is 386 g/mol. The van der Waals surface area contributed by atoms with E-state index in [1.54, 1.807) is 0 Å². The van der Waals surface area contributed by atoms with Gasteiger partial charge in [0.05, 0.1) is 12.7 Å². The maximum absolute atomic E-state index is 13.2. The van der Waals surface area contributed by atoms with Crippen LogP contribution in [0.2, 0.25) is 5.02 Å². The zero-order valence-electron chi connectivity index (χ0n) is 13.6. The molecule has 0 bridgehead atoms. The minimum Gasteiger partial charge on any atom is -0.504 e. The molecule has 0 fully saturated rings. The Morgan fingerprint density at radius 3 is 2.46 bits per heavy atom. The molecule has 26 heavy (non-hydrogen) atoms. The van der Waals surface area contributed by atoms with Gasteiger partial charge in [-0.15, -0.1) is 0 Å². The molecule has 0 heterocycles. The van der Waals surface area contributed by atoms with E-state index < -0.39 is 17.7 Å². The summed E-state index contributed by atoms with van der Waals surface area (Å²) >= 11 is 5.68. The minimum absolute atomic E-state index is 0.0300. The lowest BCUT2D eigenvalue weighted by atomic mass is 10.0. The Kier molecular flexibility index (Phi) is 6.15. The fraction of sp³-hybridized carbons (Fsp3) is 0.167. The van der Waals surface area contributed by atoms with E-state index in [0.717, 1.165) is 0 Å². The lowest BCUT2D eigenvalue weighted by Crippen LogP contribution is -2.23. The molecule has 2 aromatic carbocycles. The lowest BCUT2D eigenvalue weighted by molar-refractivity contribution is -0.117. The molecular weight excluding hydrogens is 371 g/mol. The molecule has 0 unspecified atom stereocenters. The van der Waals surface area contributed by atoms with Crippen LogP contribution in [0.15, 0.2) is 48.5 Å². The number of phenolic OH excluding ortho intramolecular Hbond substituents is 1. The fourth-order valence-corrected chi connectivity index (χ4v) is 2.29. The number of carbonyl (C=O) groups excluding carboxylic acids is 1. The second kappa shape index (κ2) is 8.14. The molecule has 0 aromatic heterocycles. The largest absolute Gasteiger partial charge is 0.504 e. The van der Waals surface area contributed by atoms with Gasteiger partial charge >= 0.3 is 6.18 Å². The molecule has 2 rings (SSSR count). The number of amides is 1. The van der Waals surface area contributed by atoms with Gasteiger partial charge in [0.25, 0.3) is 0 Å². The van der Waals surface area contributed by atoms with E-state index in [1.165, 1.54) is 49.6 Å². The molecule has 4 nitrogen and oxygen atoms in total.